The van der Waals surface area contributed by atoms with Crippen LogP contribution in [0.2, 0.25) is 0 Å². The molecule has 206 valence electrons. The molecular weight excluding hydrogens is 539 g/mol. The monoisotopic (exact) mass is 570 g/mol. The van der Waals surface area contributed by atoms with Gasteiger partial charge in [0.2, 0.25) is 0 Å². The topological polar surface area (TPSA) is 154 Å². The zero-order chi connectivity index (χ0) is 28.0. The first-order valence-electron chi connectivity index (χ1n) is 12.6. The van der Waals surface area contributed by atoms with Crippen LogP contribution in [0.25, 0.3) is 32.6 Å². The van der Waals surface area contributed by atoms with Gasteiger partial charge in [-0.2, -0.15) is 0 Å². The second-order valence-electron chi connectivity index (χ2n) is 8.47. The third kappa shape index (κ3) is 6.66. The number of fused-ring (bicyclic) bond motifs is 1. The maximum absolute atomic E-state index is 13.2. The number of primary amides is 1. The highest BCUT2D eigenvalue weighted by Gasteiger charge is 2.25. The maximum atomic E-state index is 13.2. The van der Waals surface area contributed by atoms with Crippen LogP contribution in [0.4, 0.5) is 9.93 Å². The van der Waals surface area contributed by atoms with Gasteiger partial charge in [-0.05, 0) is 56.2 Å². The Hall–Kier alpha value is -3.28. The minimum Gasteiger partial charge on any atom is -0.396 e. The highest BCUT2D eigenvalue weighted by atomic mass is 32.1. The van der Waals surface area contributed by atoms with Crippen LogP contribution in [0, 0.1) is 0 Å². The Labute approximate surface area is 230 Å². The summed E-state index contributed by atoms with van der Waals surface area (Å²) in [5.41, 5.74) is 9.96. The van der Waals surface area contributed by atoms with Crippen molar-refractivity contribution in [2.24, 2.45) is 5.73 Å². The summed E-state index contributed by atoms with van der Waals surface area (Å²) >= 11 is 1.34. The van der Waals surface area contributed by atoms with Crippen molar-refractivity contribution in [3.8, 4) is 22.4 Å². The van der Waals surface area contributed by atoms with E-state index in [0.717, 1.165) is 27.0 Å². The average molecular weight is 571 g/mol. The molecule has 0 radical (unpaired) electrons. The molecule has 4 rings (SSSR count). The normalized spacial score (nSPS) is 11.7. The van der Waals surface area contributed by atoms with Crippen LogP contribution >= 0.6 is 18.9 Å². The van der Waals surface area contributed by atoms with Gasteiger partial charge in [0.05, 0.1) is 41.9 Å². The smallest absolute Gasteiger partial charge is 0.335 e. The number of aromatic nitrogens is 4. The van der Waals surface area contributed by atoms with Gasteiger partial charge in [0.15, 0.2) is 5.13 Å². The Morgan fingerprint density at radius 1 is 1.08 bits per heavy atom. The summed E-state index contributed by atoms with van der Waals surface area (Å²) in [4.78, 5) is 31.5. The van der Waals surface area contributed by atoms with Crippen LogP contribution in [-0.4, -0.2) is 57.4 Å². The predicted octanol–water partition coefficient (Wildman–Crippen LogP) is 5.02. The Bertz CT molecular complexity index is 1490. The molecule has 0 unspecified atom stereocenters. The summed E-state index contributed by atoms with van der Waals surface area (Å²) in [5, 5.41) is 9.66. The highest BCUT2D eigenvalue weighted by molar-refractivity contribution is 7.53. The fourth-order valence-electron chi connectivity index (χ4n) is 4.08. The third-order valence-electron chi connectivity index (χ3n) is 5.79. The van der Waals surface area contributed by atoms with Crippen molar-refractivity contribution in [2.45, 2.75) is 33.4 Å². The number of hydrogen-bond donors (Lipinski definition) is 2. The van der Waals surface area contributed by atoms with Crippen molar-refractivity contribution >= 4 is 40.3 Å². The number of carbonyl (C=O) groups is 1. The second kappa shape index (κ2) is 12.7. The van der Waals surface area contributed by atoms with Crippen molar-refractivity contribution in [1.82, 2.24) is 19.9 Å². The molecule has 0 fully saturated rings. The van der Waals surface area contributed by atoms with E-state index in [0.29, 0.717) is 35.1 Å². The van der Waals surface area contributed by atoms with Crippen molar-refractivity contribution in [1.29, 1.82) is 0 Å². The van der Waals surface area contributed by atoms with Crippen molar-refractivity contribution in [3.05, 3.63) is 54.2 Å². The number of rotatable bonds is 12. The lowest BCUT2D eigenvalue weighted by atomic mass is 10.0. The molecule has 2 amide bonds. The van der Waals surface area contributed by atoms with Crippen LogP contribution in [0.5, 0.6) is 0 Å². The highest BCUT2D eigenvalue weighted by Crippen LogP contribution is 2.51. The van der Waals surface area contributed by atoms with Crippen molar-refractivity contribution in [2.75, 3.05) is 31.3 Å². The van der Waals surface area contributed by atoms with Crippen molar-refractivity contribution < 1.29 is 23.5 Å². The van der Waals surface area contributed by atoms with E-state index in [9.17, 15) is 14.5 Å². The first-order valence-corrected chi connectivity index (χ1v) is 15.1. The van der Waals surface area contributed by atoms with Crippen LogP contribution in [-0.2, 0) is 26.2 Å². The van der Waals surface area contributed by atoms with E-state index in [-0.39, 0.29) is 26.0 Å². The molecule has 0 bridgehead atoms. The lowest BCUT2D eigenvalue weighted by Gasteiger charge is -2.17. The SMILES string of the molecule is CCOP(=O)(Cc1ccnc(-c2cc(-c3cnc(CCO)nc3)cc3nc(N(CC)C(N)=O)sc23)c1)OCC. The first-order chi connectivity index (χ1) is 18.8. The molecule has 11 nitrogen and oxygen atoms in total. The quantitative estimate of drug-likeness (QED) is 0.223. The van der Waals surface area contributed by atoms with E-state index in [1.165, 1.54) is 16.2 Å². The van der Waals surface area contributed by atoms with E-state index in [1.807, 2.05) is 25.1 Å². The van der Waals surface area contributed by atoms with Crippen LogP contribution in [0.3, 0.4) is 0 Å². The van der Waals surface area contributed by atoms with Crippen LogP contribution in [0.15, 0.2) is 42.9 Å². The Morgan fingerprint density at radius 3 is 2.41 bits per heavy atom. The number of aliphatic hydroxyl groups is 1. The molecule has 0 saturated heterocycles. The van der Waals surface area contributed by atoms with Gasteiger partial charge in [0.25, 0.3) is 0 Å². The number of thiazole rings is 1. The summed E-state index contributed by atoms with van der Waals surface area (Å²) in [5.74, 6) is 0.543. The average Bonchev–Trinajstić information content (AvgIpc) is 3.33. The Kier molecular flexibility index (Phi) is 9.36. The number of amides is 2. The summed E-state index contributed by atoms with van der Waals surface area (Å²) in [6.45, 7) is 6.26. The lowest BCUT2D eigenvalue weighted by Crippen LogP contribution is -2.35. The molecule has 0 saturated carbocycles. The summed E-state index contributed by atoms with van der Waals surface area (Å²) in [6, 6.07) is 6.92. The standard InChI is InChI=1S/C26H31N6O5PS/c1-4-32(25(27)34)26-31-22-13-18(19-14-29-23(8-10-33)30-15-19)12-20(24(22)39-26)21-11-17(7-9-28-21)16-38(35,36-5-2)37-6-3/h7,9,11-15,33H,4-6,8,10,16H2,1-3H3,(H2,27,34). The molecule has 4 aromatic rings. The van der Waals surface area contributed by atoms with E-state index in [2.05, 4.69) is 15.0 Å². The first kappa shape index (κ1) is 28.7. The molecule has 39 heavy (non-hydrogen) atoms. The van der Waals surface area contributed by atoms with Gasteiger partial charge in [0, 0.05) is 42.7 Å². The summed E-state index contributed by atoms with van der Waals surface area (Å²) < 4.78 is 25.0. The number of carbonyl (C=O) groups excluding carboxylic acids is 1. The molecule has 0 aliphatic rings. The number of benzene rings is 1. The Morgan fingerprint density at radius 2 is 1.79 bits per heavy atom. The molecule has 13 heteroatoms. The lowest BCUT2D eigenvalue weighted by molar-refractivity contribution is 0.219. The number of urea groups is 1. The molecule has 3 aromatic heterocycles. The number of aliphatic hydroxyl groups excluding tert-OH is 1. The number of pyridine rings is 1. The second-order valence-corrected chi connectivity index (χ2v) is 11.5. The molecular formula is C26H31N6O5PS. The van der Waals surface area contributed by atoms with Gasteiger partial charge < -0.3 is 19.9 Å². The molecule has 0 aliphatic carbocycles. The molecule has 3 N–H and O–H groups in total. The molecule has 0 atom stereocenters. The van der Waals surface area contributed by atoms with Gasteiger partial charge in [-0.3, -0.25) is 14.4 Å². The van der Waals surface area contributed by atoms with E-state index in [1.54, 1.807) is 38.5 Å². The largest absolute Gasteiger partial charge is 0.396 e. The van der Waals surface area contributed by atoms with Gasteiger partial charge >= 0.3 is 13.6 Å². The Balaban J connectivity index is 1.85. The van der Waals surface area contributed by atoms with E-state index >= 15 is 0 Å². The summed E-state index contributed by atoms with van der Waals surface area (Å²) in [7, 11) is -3.32. The minimum absolute atomic E-state index is 0.0353. The van der Waals surface area contributed by atoms with E-state index < -0.39 is 13.6 Å². The fourth-order valence-corrected chi connectivity index (χ4v) is 6.90. The number of hydrogen-bond acceptors (Lipinski definition) is 10. The zero-order valence-corrected chi connectivity index (χ0v) is 23.7. The molecule has 0 spiro atoms. The van der Waals surface area contributed by atoms with E-state index in [4.69, 9.17) is 19.8 Å². The zero-order valence-electron chi connectivity index (χ0n) is 22.0. The third-order valence-corrected chi connectivity index (χ3v) is 8.98. The molecule has 3 heterocycles. The van der Waals surface area contributed by atoms with Gasteiger partial charge in [-0.1, -0.05) is 11.3 Å². The van der Waals surface area contributed by atoms with Crippen LogP contribution in [0.1, 0.15) is 32.2 Å². The molecule has 1 aromatic carbocycles. The number of nitrogens with zero attached hydrogens (tertiary/aromatic N) is 5. The maximum Gasteiger partial charge on any atom is 0.335 e. The van der Waals surface area contributed by atoms with Gasteiger partial charge in [-0.25, -0.2) is 19.7 Å². The van der Waals surface area contributed by atoms with Crippen molar-refractivity contribution in [3.63, 3.8) is 0 Å². The minimum atomic E-state index is -3.32. The van der Waals surface area contributed by atoms with Crippen LogP contribution < -0.4 is 10.6 Å². The number of anilines is 1. The fraction of sp³-hybridized carbons (Fsp3) is 0.346. The summed E-state index contributed by atoms with van der Waals surface area (Å²) in [6.07, 6.45) is 5.52. The van der Waals surface area contributed by atoms with Gasteiger partial charge in [0.1, 0.15) is 5.82 Å². The predicted molar refractivity (Wildman–Crippen MR) is 152 cm³/mol. The molecule has 0 aliphatic heterocycles. The number of nitrogens with two attached hydrogens (primary N) is 1. The van der Waals surface area contributed by atoms with Gasteiger partial charge in [-0.15, -0.1) is 0 Å².